The number of fused-ring (bicyclic) bond motifs is 1. The largest absolute Gasteiger partial charge is 0.486 e. The number of hydrogen-bond acceptors (Lipinski definition) is 4. The van der Waals surface area contributed by atoms with Crippen LogP contribution in [0.25, 0.3) is 5.69 Å². The van der Waals surface area contributed by atoms with Crippen LogP contribution in [-0.2, 0) is 6.54 Å². The molecule has 162 valence electrons. The Balaban J connectivity index is 1.38. The number of carbonyl (C=O) groups is 1. The van der Waals surface area contributed by atoms with Gasteiger partial charge in [0, 0.05) is 41.2 Å². The minimum absolute atomic E-state index is 0.141. The van der Waals surface area contributed by atoms with Crippen LogP contribution in [0.3, 0.4) is 0 Å². The molecule has 4 aromatic rings. The summed E-state index contributed by atoms with van der Waals surface area (Å²) in [6.07, 6.45) is 3.67. The zero-order valence-electron chi connectivity index (χ0n) is 18.0. The maximum Gasteiger partial charge on any atom is 0.257 e. The van der Waals surface area contributed by atoms with Gasteiger partial charge in [-0.15, -0.1) is 0 Å². The summed E-state index contributed by atoms with van der Waals surface area (Å²) in [7, 11) is 0. The number of ether oxygens (including phenoxy) is 2. The summed E-state index contributed by atoms with van der Waals surface area (Å²) in [5.41, 5.74) is 5.22. The van der Waals surface area contributed by atoms with Crippen LogP contribution in [0, 0.1) is 13.8 Å². The third kappa shape index (κ3) is 3.85. The molecule has 0 radical (unpaired) electrons. The van der Waals surface area contributed by atoms with Crippen molar-refractivity contribution in [2.75, 3.05) is 18.5 Å². The van der Waals surface area contributed by atoms with Crippen LogP contribution in [0.2, 0.25) is 0 Å². The Morgan fingerprint density at radius 3 is 2.69 bits per heavy atom. The van der Waals surface area contributed by atoms with Gasteiger partial charge in [0.1, 0.15) is 13.2 Å². The molecule has 7 heteroatoms. The van der Waals surface area contributed by atoms with Gasteiger partial charge in [-0.3, -0.25) is 9.48 Å². The molecule has 1 amide bonds. The number of carbonyl (C=O) groups excluding carboxylic acids is 1. The molecule has 32 heavy (non-hydrogen) atoms. The second kappa shape index (κ2) is 8.26. The van der Waals surface area contributed by atoms with Crippen molar-refractivity contribution >= 4 is 11.6 Å². The molecular weight excluding hydrogens is 404 g/mol. The van der Waals surface area contributed by atoms with Gasteiger partial charge in [0.05, 0.1) is 12.1 Å². The molecule has 0 unspecified atom stereocenters. The van der Waals surface area contributed by atoms with E-state index in [1.807, 2.05) is 79.3 Å². The van der Waals surface area contributed by atoms with Crippen molar-refractivity contribution in [3.63, 3.8) is 0 Å². The van der Waals surface area contributed by atoms with Crippen LogP contribution in [0.15, 0.2) is 67.0 Å². The average molecular weight is 428 g/mol. The van der Waals surface area contributed by atoms with E-state index in [2.05, 4.69) is 15.0 Å². The molecule has 1 aliphatic heterocycles. The first-order valence-corrected chi connectivity index (χ1v) is 10.6. The van der Waals surface area contributed by atoms with E-state index in [1.54, 1.807) is 6.20 Å². The number of amides is 1. The summed E-state index contributed by atoms with van der Waals surface area (Å²) in [4.78, 5) is 13.1. The molecule has 1 N–H and O–H groups in total. The molecule has 0 saturated carbocycles. The van der Waals surface area contributed by atoms with Gasteiger partial charge >= 0.3 is 0 Å². The Labute approximate surface area is 186 Å². The SMILES string of the molecule is Cc1cc(C(=O)Nc2cccc(Cn3cccn3)c2)c(C)n1-c1ccc2c(c1)OCCO2. The summed E-state index contributed by atoms with van der Waals surface area (Å²) in [5, 5.41) is 7.27. The molecule has 0 bridgehead atoms. The Morgan fingerprint density at radius 1 is 1.03 bits per heavy atom. The summed E-state index contributed by atoms with van der Waals surface area (Å²) >= 11 is 0. The van der Waals surface area contributed by atoms with Crippen molar-refractivity contribution in [3.05, 3.63) is 89.5 Å². The Hall–Kier alpha value is -4.00. The highest BCUT2D eigenvalue weighted by Crippen LogP contribution is 2.33. The zero-order chi connectivity index (χ0) is 22.1. The highest BCUT2D eigenvalue weighted by molar-refractivity contribution is 6.05. The topological polar surface area (TPSA) is 70.3 Å². The highest BCUT2D eigenvalue weighted by atomic mass is 16.6. The van der Waals surface area contributed by atoms with Gasteiger partial charge < -0.3 is 19.4 Å². The second-order valence-corrected chi connectivity index (χ2v) is 7.81. The lowest BCUT2D eigenvalue weighted by Gasteiger charge is -2.20. The number of benzene rings is 2. The number of rotatable bonds is 5. The normalized spacial score (nSPS) is 12.6. The van der Waals surface area contributed by atoms with Gasteiger partial charge in [-0.05, 0) is 55.8 Å². The smallest absolute Gasteiger partial charge is 0.257 e. The van der Waals surface area contributed by atoms with E-state index in [4.69, 9.17) is 9.47 Å². The molecule has 2 aromatic carbocycles. The predicted molar refractivity (Wildman–Crippen MR) is 122 cm³/mol. The number of aromatic nitrogens is 3. The van der Waals surface area contributed by atoms with Gasteiger partial charge in [-0.1, -0.05) is 12.1 Å². The molecule has 0 spiro atoms. The van der Waals surface area contributed by atoms with Gasteiger partial charge in [0.15, 0.2) is 11.5 Å². The molecule has 1 aliphatic rings. The van der Waals surface area contributed by atoms with Crippen LogP contribution in [-0.4, -0.2) is 33.5 Å². The first-order valence-electron chi connectivity index (χ1n) is 10.6. The maximum atomic E-state index is 13.1. The standard InChI is InChI=1S/C25H24N4O3/c1-17-13-22(18(2)29(17)21-7-8-23-24(15-21)32-12-11-31-23)25(30)27-20-6-3-5-19(14-20)16-28-10-4-9-26-28/h3-10,13-15H,11-12,16H2,1-2H3,(H,27,30). The molecule has 7 nitrogen and oxygen atoms in total. The fourth-order valence-corrected chi connectivity index (χ4v) is 4.09. The van der Waals surface area contributed by atoms with E-state index in [-0.39, 0.29) is 5.91 Å². The molecule has 3 heterocycles. The predicted octanol–water partition coefficient (Wildman–Crippen LogP) is 4.36. The molecule has 0 atom stereocenters. The zero-order valence-corrected chi connectivity index (χ0v) is 18.0. The van der Waals surface area contributed by atoms with E-state index >= 15 is 0 Å². The third-order valence-corrected chi connectivity index (χ3v) is 5.55. The van der Waals surface area contributed by atoms with Gasteiger partial charge in [0.25, 0.3) is 5.91 Å². The summed E-state index contributed by atoms with van der Waals surface area (Å²) < 4.78 is 15.3. The molecule has 2 aromatic heterocycles. The minimum Gasteiger partial charge on any atom is -0.486 e. The van der Waals surface area contributed by atoms with Crippen molar-refractivity contribution in [1.82, 2.24) is 14.3 Å². The fraction of sp³-hybridized carbons (Fsp3) is 0.200. The number of aryl methyl sites for hydroxylation is 1. The average Bonchev–Trinajstić information content (AvgIpc) is 3.41. The van der Waals surface area contributed by atoms with Crippen LogP contribution < -0.4 is 14.8 Å². The van der Waals surface area contributed by atoms with Crippen molar-refractivity contribution in [3.8, 4) is 17.2 Å². The van der Waals surface area contributed by atoms with Crippen LogP contribution in [0.4, 0.5) is 5.69 Å². The first-order chi connectivity index (χ1) is 15.6. The minimum atomic E-state index is -0.141. The lowest BCUT2D eigenvalue weighted by atomic mass is 10.2. The van der Waals surface area contributed by atoms with Gasteiger partial charge in [-0.25, -0.2) is 0 Å². The van der Waals surface area contributed by atoms with Crippen molar-refractivity contribution in [2.24, 2.45) is 0 Å². The number of anilines is 1. The lowest BCUT2D eigenvalue weighted by Crippen LogP contribution is -2.16. The molecule has 0 aliphatic carbocycles. The monoisotopic (exact) mass is 428 g/mol. The van der Waals surface area contributed by atoms with E-state index in [0.717, 1.165) is 39.8 Å². The van der Waals surface area contributed by atoms with E-state index in [9.17, 15) is 4.79 Å². The second-order valence-electron chi connectivity index (χ2n) is 7.81. The molecule has 0 saturated heterocycles. The van der Waals surface area contributed by atoms with Crippen LogP contribution in [0.1, 0.15) is 27.3 Å². The Bertz CT molecular complexity index is 1270. The van der Waals surface area contributed by atoms with Crippen molar-refractivity contribution < 1.29 is 14.3 Å². The third-order valence-electron chi connectivity index (χ3n) is 5.55. The van der Waals surface area contributed by atoms with Crippen LogP contribution >= 0.6 is 0 Å². The number of nitrogens with zero attached hydrogens (tertiary/aromatic N) is 3. The molecule has 5 rings (SSSR count). The van der Waals surface area contributed by atoms with E-state index < -0.39 is 0 Å². The summed E-state index contributed by atoms with van der Waals surface area (Å²) in [5.74, 6) is 1.33. The van der Waals surface area contributed by atoms with E-state index in [1.165, 1.54) is 0 Å². The Kier molecular flexibility index (Phi) is 5.15. The van der Waals surface area contributed by atoms with Crippen LogP contribution in [0.5, 0.6) is 11.5 Å². The fourth-order valence-electron chi connectivity index (χ4n) is 4.09. The number of hydrogen-bond donors (Lipinski definition) is 1. The highest BCUT2D eigenvalue weighted by Gasteiger charge is 2.19. The summed E-state index contributed by atoms with van der Waals surface area (Å²) in [6, 6.07) is 17.5. The lowest BCUT2D eigenvalue weighted by molar-refractivity contribution is 0.102. The molecule has 0 fully saturated rings. The van der Waals surface area contributed by atoms with Gasteiger partial charge in [-0.2, -0.15) is 5.10 Å². The van der Waals surface area contributed by atoms with Crippen molar-refractivity contribution in [2.45, 2.75) is 20.4 Å². The maximum absolute atomic E-state index is 13.1. The first kappa shape index (κ1) is 19.9. The van der Waals surface area contributed by atoms with Crippen molar-refractivity contribution in [1.29, 1.82) is 0 Å². The number of nitrogens with one attached hydrogen (secondary N) is 1. The summed E-state index contributed by atoms with van der Waals surface area (Å²) in [6.45, 7) is 5.68. The van der Waals surface area contributed by atoms with Gasteiger partial charge in [0.2, 0.25) is 0 Å². The van der Waals surface area contributed by atoms with E-state index in [0.29, 0.717) is 25.3 Å². The quantitative estimate of drug-likeness (QED) is 0.513. The Morgan fingerprint density at radius 2 is 1.88 bits per heavy atom. The molecular formula is C25H24N4O3.